The zero-order valence-electron chi connectivity index (χ0n) is 6.67. The Bertz CT molecular complexity index is 111. The van der Waals surface area contributed by atoms with E-state index in [4.69, 9.17) is 9.47 Å². The molecule has 0 aliphatic carbocycles. The molecule has 64 valence electrons. The molecule has 1 aliphatic rings. The second kappa shape index (κ2) is 5.27. The van der Waals surface area contributed by atoms with Gasteiger partial charge in [-0.1, -0.05) is 0 Å². The van der Waals surface area contributed by atoms with Gasteiger partial charge in [-0.05, 0) is 6.42 Å². The highest BCUT2D eigenvalue weighted by Crippen LogP contribution is 1.98. The minimum Gasteiger partial charge on any atom is -0.379 e. The van der Waals surface area contributed by atoms with Crippen molar-refractivity contribution in [3.63, 3.8) is 0 Å². The Kier molecular flexibility index (Phi) is 4.16. The lowest BCUT2D eigenvalue weighted by molar-refractivity contribution is -0.121. The van der Waals surface area contributed by atoms with Gasteiger partial charge in [-0.2, -0.15) is 0 Å². The van der Waals surface area contributed by atoms with E-state index >= 15 is 0 Å². The van der Waals surface area contributed by atoms with Gasteiger partial charge in [0.2, 0.25) is 0 Å². The average molecular weight is 158 g/mol. The van der Waals surface area contributed by atoms with Gasteiger partial charge in [-0.3, -0.25) is 4.79 Å². The van der Waals surface area contributed by atoms with E-state index in [1.54, 1.807) is 0 Å². The van der Waals surface area contributed by atoms with Gasteiger partial charge in [0.15, 0.2) is 0 Å². The van der Waals surface area contributed by atoms with Crippen LogP contribution >= 0.6 is 0 Å². The molecule has 1 saturated heterocycles. The Morgan fingerprint density at radius 2 is 1.64 bits per heavy atom. The summed E-state index contributed by atoms with van der Waals surface area (Å²) in [6, 6.07) is 0. The van der Waals surface area contributed by atoms with Crippen molar-refractivity contribution >= 4 is 5.78 Å². The molecule has 1 aliphatic heterocycles. The standard InChI is InChI=1S/C8H14O3/c9-8-2-1-4-10-6-7-11-5-3-8/h1-7H2. The van der Waals surface area contributed by atoms with Crippen molar-refractivity contribution in [2.45, 2.75) is 19.3 Å². The Hall–Kier alpha value is -0.410. The maximum Gasteiger partial charge on any atom is 0.135 e. The number of ether oxygens (including phenoxy) is 2. The maximum atomic E-state index is 11.0. The highest BCUT2D eigenvalue weighted by Gasteiger charge is 2.03. The quantitative estimate of drug-likeness (QED) is 0.522. The molecule has 1 heterocycles. The monoisotopic (exact) mass is 158 g/mol. The number of hydrogen-bond acceptors (Lipinski definition) is 3. The van der Waals surface area contributed by atoms with Crippen LogP contribution in [0, 0.1) is 0 Å². The average Bonchev–Trinajstić information content (AvgIpc) is 2.03. The van der Waals surface area contributed by atoms with Crippen molar-refractivity contribution in [2.75, 3.05) is 26.4 Å². The van der Waals surface area contributed by atoms with Crippen molar-refractivity contribution < 1.29 is 14.3 Å². The van der Waals surface area contributed by atoms with Gasteiger partial charge >= 0.3 is 0 Å². The molecule has 0 radical (unpaired) electrons. The zero-order chi connectivity index (χ0) is 7.94. The third-order valence-corrected chi connectivity index (χ3v) is 1.64. The van der Waals surface area contributed by atoms with E-state index in [0.29, 0.717) is 39.3 Å². The summed E-state index contributed by atoms with van der Waals surface area (Å²) < 4.78 is 10.3. The summed E-state index contributed by atoms with van der Waals surface area (Å²) in [5, 5.41) is 0. The van der Waals surface area contributed by atoms with E-state index in [1.165, 1.54) is 0 Å². The van der Waals surface area contributed by atoms with Crippen molar-refractivity contribution in [1.82, 2.24) is 0 Å². The highest BCUT2D eigenvalue weighted by atomic mass is 16.5. The van der Waals surface area contributed by atoms with Gasteiger partial charge in [0.05, 0.1) is 19.8 Å². The van der Waals surface area contributed by atoms with Gasteiger partial charge in [0, 0.05) is 19.4 Å². The predicted molar refractivity (Wildman–Crippen MR) is 40.5 cm³/mol. The molecule has 0 unspecified atom stereocenters. The molecule has 0 aromatic rings. The molecule has 11 heavy (non-hydrogen) atoms. The Balaban J connectivity index is 2.17. The minimum absolute atomic E-state index is 0.288. The lowest BCUT2D eigenvalue weighted by Crippen LogP contribution is -2.12. The van der Waals surface area contributed by atoms with Crippen LogP contribution < -0.4 is 0 Å². The SMILES string of the molecule is O=C1CCCOCCOCC1. The van der Waals surface area contributed by atoms with Crippen LogP contribution in [0.1, 0.15) is 19.3 Å². The van der Waals surface area contributed by atoms with Gasteiger partial charge in [0.1, 0.15) is 5.78 Å². The molecule has 3 nitrogen and oxygen atoms in total. The number of carbonyl (C=O) groups is 1. The third kappa shape index (κ3) is 4.11. The molecule has 0 aromatic carbocycles. The van der Waals surface area contributed by atoms with Gasteiger partial charge < -0.3 is 9.47 Å². The van der Waals surface area contributed by atoms with Crippen LogP contribution in [0.2, 0.25) is 0 Å². The van der Waals surface area contributed by atoms with Crippen LogP contribution in [0.5, 0.6) is 0 Å². The molecule has 1 fully saturated rings. The van der Waals surface area contributed by atoms with E-state index in [2.05, 4.69) is 0 Å². The molecule has 0 saturated carbocycles. The van der Waals surface area contributed by atoms with E-state index in [0.717, 1.165) is 6.42 Å². The summed E-state index contributed by atoms with van der Waals surface area (Å²) in [4.78, 5) is 11.0. The summed E-state index contributed by atoms with van der Waals surface area (Å²) >= 11 is 0. The molecule has 3 heteroatoms. The van der Waals surface area contributed by atoms with E-state index < -0.39 is 0 Å². The first-order chi connectivity index (χ1) is 5.39. The van der Waals surface area contributed by atoms with E-state index in [1.807, 2.05) is 0 Å². The Morgan fingerprint density at radius 3 is 2.45 bits per heavy atom. The number of rotatable bonds is 0. The number of Topliss-reactive ketones (excluding diaryl/α,β-unsaturated/α-hetero) is 1. The lowest BCUT2D eigenvalue weighted by atomic mass is 10.2. The number of hydrogen-bond donors (Lipinski definition) is 0. The fourth-order valence-electron chi connectivity index (χ4n) is 1.00. The molecule has 0 amide bonds. The van der Waals surface area contributed by atoms with Gasteiger partial charge in [-0.15, -0.1) is 0 Å². The molecule has 0 N–H and O–H groups in total. The van der Waals surface area contributed by atoms with E-state index in [-0.39, 0.29) is 5.78 Å². The van der Waals surface area contributed by atoms with Crippen molar-refractivity contribution in [3.05, 3.63) is 0 Å². The molecule has 0 atom stereocenters. The van der Waals surface area contributed by atoms with Crippen molar-refractivity contribution in [1.29, 1.82) is 0 Å². The van der Waals surface area contributed by atoms with Crippen molar-refractivity contribution in [2.24, 2.45) is 0 Å². The van der Waals surface area contributed by atoms with E-state index in [9.17, 15) is 4.79 Å². The predicted octanol–water partition coefficient (Wildman–Crippen LogP) is 0.773. The smallest absolute Gasteiger partial charge is 0.135 e. The van der Waals surface area contributed by atoms with Crippen LogP contribution in [0.15, 0.2) is 0 Å². The van der Waals surface area contributed by atoms with Gasteiger partial charge in [0.25, 0.3) is 0 Å². The lowest BCUT2D eigenvalue weighted by Gasteiger charge is -2.08. The minimum atomic E-state index is 0.288. The Labute approximate surface area is 66.7 Å². The third-order valence-electron chi connectivity index (χ3n) is 1.64. The van der Waals surface area contributed by atoms with Crippen LogP contribution in [-0.2, 0) is 14.3 Å². The highest BCUT2D eigenvalue weighted by molar-refractivity contribution is 5.78. The Morgan fingerprint density at radius 1 is 0.909 bits per heavy atom. The van der Waals surface area contributed by atoms with Crippen LogP contribution in [0.3, 0.4) is 0 Å². The second-order valence-electron chi connectivity index (χ2n) is 2.62. The second-order valence-corrected chi connectivity index (χ2v) is 2.62. The molecule has 1 rings (SSSR count). The number of ketones is 1. The fraction of sp³-hybridized carbons (Fsp3) is 0.875. The summed E-state index contributed by atoms with van der Waals surface area (Å²) in [5.74, 6) is 0.288. The van der Waals surface area contributed by atoms with Crippen LogP contribution in [0.25, 0.3) is 0 Å². The van der Waals surface area contributed by atoms with Gasteiger partial charge in [-0.25, -0.2) is 0 Å². The van der Waals surface area contributed by atoms with Crippen molar-refractivity contribution in [3.8, 4) is 0 Å². The summed E-state index contributed by atoms with van der Waals surface area (Å²) in [6.45, 7) is 2.53. The largest absolute Gasteiger partial charge is 0.379 e. The first-order valence-electron chi connectivity index (χ1n) is 4.07. The molecular formula is C8H14O3. The molecule has 0 bridgehead atoms. The summed E-state index contributed by atoms with van der Waals surface area (Å²) in [6.07, 6.45) is 2.07. The van der Waals surface area contributed by atoms with Crippen LogP contribution in [0.4, 0.5) is 0 Å². The molecular weight excluding hydrogens is 144 g/mol. The fourth-order valence-corrected chi connectivity index (χ4v) is 1.00. The first kappa shape index (κ1) is 8.68. The topological polar surface area (TPSA) is 35.5 Å². The number of carbonyl (C=O) groups excluding carboxylic acids is 1. The first-order valence-corrected chi connectivity index (χ1v) is 4.07. The molecule has 0 spiro atoms. The maximum absolute atomic E-state index is 11.0. The summed E-state index contributed by atoms with van der Waals surface area (Å²) in [7, 11) is 0. The normalized spacial score (nSPS) is 23.1. The summed E-state index contributed by atoms with van der Waals surface area (Å²) in [5.41, 5.74) is 0. The molecule has 0 aromatic heterocycles. The van der Waals surface area contributed by atoms with Crippen LogP contribution in [-0.4, -0.2) is 32.2 Å². The zero-order valence-corrected chi connectivity index (χ0v) is 6.67.